The summed E-state index contributed by atoms with van der Waals surface area (Å²) in [7, 11) is 0. The first-order chi connectivity index (χ1) is 10.2. The molecule has 5 atom stereocenters. The molecule has 0 bridgehead atoms. The minimum absolute atomic E-state index is 0.00806. The predicted octanol–water partition coefficient (Wildman–Crippen LogP) is 6.22. The molecular weight excluding hydrogens is 268 g/mol. The van der Waals surface area contributed by atoms with Crippen LogP contribution in [0.15, 0.2) is 12.2 Å². The fourth-order valence-electron chi connectivity index (χ4n) is 4.80. The van der Waals surface area contributed by atoms with Crippen LogP contribution < -0.4 is 0 Å². The summed E-state index contributed by atoms with van der Waals surface area (Å²) in [5.74, 6) is 2.25. The lowest BCUT2D eigenvalue weighted by Gasteiger charge is -2.42. The third-order valence-corrected chi connectivity index (χ3v) is 6.29. The molecule has 3 aliphatic rings. The van der Waals surface area contributed by atoms with Crippen LogP contribution in [0.5, 0.6) is 0 Å². The van der Waals surface area contributed by atoms with Crippen LogP contribution in [0.3, 0.4) is 0 Å². The SMILES string of the molecule is CC.CC1C=CC(C)(C)C1.CC1CCC2C(O)CCCC12C. The summed E-state index contributed by atoms with van der Waals surface area (Å²) in [6.45, 7) is 15.6. The van der Waals surface area contributed by atoms with E-state index < -0.39 is 0 Å². The van der Waals surface area contributed by atoms with Crippen LogP contribution in [0.1, 0.15) is 87.0 Å². The Hall–Kier alpha value is -0.300. The van der Waals surface area contributed by atoms with Gasteiger partial charge in [0.2, 0.25) is 0 Å². The van der Waals surface area contributed by atoms with Crippen molar-refractivity contribution in [2.75, 3.05) is 0 Å². The van der Waals surface area contributed by atoms with Gasteiger partial charge in [0.25, 0.3) is 0 Å². The van der Waals surface area contributed by atoms with Crippen molar-refractivity contribution in [2.24, 2.45) is 28.6 Å². The fraction of sp³-hybridized carbons (Fsp3) is 0.905. The number of fused-ring (bicyclic) bond motifs is 1. The van der Waals surface area contributed by atoms with Gasteiger partial charge < -0.3 is 5.11 Å². The summed E-state index contributed by atoms with van der Waals surface area (Å²) in [6, 6.07) is 0. The van der Waals surface area contributed by atoms with Crippen LogP contribution in [-0.4, -0.2) is 11.2 Å². The molecule has 5 unspecified atom stereocenters. The van der Waals surface area contributed by atoms with E-state index in [2.05, 4.69) is 46.8 Å². The van der Waals surface area contributed by atoms with Crippen molar-refractivity contribution < 1.29 is 5.11 Å². The molecule has 3 rings (SSSR count). The first-order valence-electron chi connectivity index (χ1n) is 9.62. The minimum atomic E-state index is 0.00806. The van der Waals surface area contributed by atoms with Crippen molar-refractivity contribution in [1.29, 1.82) is 0 Å². The van der Waals surface area contributed by atoms with Crippen molar-refractivity contribution in [3.63, 3.8) is 0 Å². The van der Waals surface area contributed by atoms with E-state index in [1.54, 1.807) is 0 Å². The van der Waals surface area contributed by atoms with Crippen molar-refractivity contribution in [3.8, 4) is 0 Å². The number of rotatable bonds is 0. The topological polar surface area (TPSA) is 20.2 Å². The molecule has 2 saturated carbocycles. The summed E-state index contributed by atoms with van der Waals surface area (Å²) < 4.78 is 0. The molecule has 0 aromatic carbocycles. The van der Waals surface area contributed by atoms with Gasteiger partial charge in [0, 0.05) is 0 Å². The zero-order valence-electron chi connectivity index (χ0n) is 16.2. The van der Waals surface area contributed by atoms with Gasteiger partial charge in [-0.1, -0.05) is 67.0 Å². The lowest BCUT2D eigenvalue weighted by molar-refractivity contribution is -0.0137. The average Bonchev–Trinajstić information content (AvgIpc) is 2.93. The van der Waals surface area contributed by atoms with E-state index in [0.29, 0.717) is 16.7 Å². The molecule has 0 aliphatic heterocycles. The quantitative estimate of drug-likeness (QED) is 0.527. The Kier molecular flexibility index (Phi) is 7.18. The van der Waals surface area contributed by atoms with E-state index in [4.69, 9.17) is 0 Å². The standard InChI is InChI=1S/C11H20O.C8H14.C2H6/c1-8-5-6-9-10(12)4-3-7-11(8,9)2;1-7-4-5-8(2,3)6-7;1-2/h8-10,12H,3-7H2,1-2H3;4-5,7H,6H2,1-3H3;1-2H3. The van der Waals surface area contributed by atoms with Crippen LogP contribution in [0.4, 0.5) is 0 Å². The Labute approximate surface area is 139 Å². The first-order valence-corrected chi connectivity index (χ1v) is 9.62. The molecule has 0 aromatic rings. The van der Waals surface area contributed by atoms with Gasteiger partial charge in [-0.2, -0.15) is 0 Å². The highest BCUT2D eigenvalue weighted by atomic mass is 16.3. The van der Waals surface area contributed by atoms with E-state index in [9.17, 15) is 5.11 Å². The molecule has 1 N–H and O–H groups in total. The average molecular weight is 309 g/mol. The second-order valence-electron chi connectivity index (χ2n) is 8.58. The lowest BCUT2D eigenvalue weighted by atomic mass is 9.65. The Morgan fingerprint density at radius 2 is 1.64 bits per heavy atom. The van der Waals surface area contributed by atoms with Gasteiger partial charge in [0.05, 0.1) is 6.10 Å². The van der Waals surface area contributed by atoms with E-state index in [1.807, 2.05) is 13.8 Å². The van der Waals surface area contributed by atoms with Gasteiger partial charge in [-0.25, -0.2) is 0 Å². The van der Waals surface area contributed by atoms with Crippen LogP contribution in [0.2, 0.25) is 0 Å². The summed E-state index contributed by atoms with van der Waals surface area (Å²) in [5.41, 5.74) is 0.955. The van der Waals surface area contributed by atoms with E-state index in [0.717, 1.165) is 18.3 Å². The second-order valence-corrected chi connectivity index (χ2v) is 8.58. The molecule has 2 fully saturated rings. The summed E-state index contributed by atoms with van der Waals surface area (Å²) >= 11 is 0. The molecule has 0 radical (unpaired) electrons. The van der Waals surface area contributed by atoms with Crippen molar-refractivity contribution >= 4 is 0 Å². The molecule has 1 nitrogen and oxygen atoms in total. The van der Waals surface area contributed by atoms with Crippen LogP contribution in [-0.2, 0) is 0 Å². The molecule has 0 heterocycles. The molecule has 130 valence electrons. The number of hydrogen-bond acceptors (Lipinski definition) is 1. The van der Waals surface area contributed by atoms with Crippen molar-refractivity contribution in [2.45, 2.75) is 93.1 Å². The van der Waals surface area contributed by atoms with E-state index in [1.165, 1.54) is 32.1 Å². The van der Waals surface area contributed by atoms with Gasteiger partial charge in [0.15, 0.2) is 0 Å². The normalized spacial score (nSPS) is 41.8. The zero-order valence-corrected chi connectivity index (χ0v) is 16.2. The third kappa shape index (κ3) is 4.60. The maximum Gasteiger partial charge on any atom is 0.0573 e. The van der Waals surface area contributed by atoms with Gasteiger partial charge >= 0.3 is 0 Å². The molecule has 0 amide bonds. The molecular formula is C21H40O. The predicted molar refractivity (Wildman–Crippen MR) is 97.9 cm³/mol. The number of aliphatic hydroxyl groups is 1. The van der Waals surface area contributed by atoms with Crippen LogP contribution in [0, 0.1) is 28.6 Å². The monoisotopic (exact) mass is 308 g/mol. The first kappa shape index (κ1) is 19.7. The highest BCUT2D eigenvalue weighted by Gasteiger charge is 2.48. The van der Waals surface area contributed by atoms with Gasteiger partial charge in [-0.3, -0.25) is 0 Å². The number of hydrogen-bond donors (Lipinski definition) is 1. The molecule has 0 saturated heterocycles. The Morgan fingerprint density at radius 3 is 2.05 bits per heavy atom. The van der Waals surface area contributed by atoms with Gasteiger partial charge in [-0.15, -0.1) is 0 Å². The maximum absolute atomic E-state index is 9.86. The molecule has 3 aliphatic carbocycles. The number of aliphatic hydroxyl groups excluding tert-OH is 1. The molecule has 22 heavy (non-hydrogen) atoms. The van der Waals surface area contributed by atoms with Gasteiger partial charge in [0.1, 0.15) is 0 Å². The third-order valence-electron chi connectivity index (χ3n) is 6.29. The molecule has 0 aromatic heterocycles. The maximum atomic E-state index is 9.86. The smallest absolute Gasteiger partial charge is 0.0573 e. The Balaban J connectivity index is 0.000000211. The lowest BCUT2D eigenvalue weighted by Crippen LogP contribution is -2.38. The number of allylic oxidation sites excluding steroid dienone is 2. The fourth-order valence-corrected chi connectivity index (χ4v) is 4.80. The van der Waals surface area contributed by atoms with Gasteiger partial charge in [-0.05, 0) is 60.7 Å². The zero-order chi connectivity index (χ0) is 17.0. The summed E-state index contributed by atoms with van der Waals surface area (Å²) in [4.78, 5) is 0. The largest absolute Gasteiger partial charge is 0.393 e. The van der Waals surface area contributed by atoms with Crippen molar-refractivity contribution in [3.05, 3.63) is 12.2 Å². The van der Waals surface area contributed by atoms with E-state index >= 15 is 0 Å². The Morgan fingerprint density at radius 1 is 1.00 bits per heavy atom. The van der Waals surface area contributed by atoms with Crippen LogP contribution in [0.25, 0.3) is 0 Å². The Bertz CT molecular complexity index is 357. The van der Waals surface area contributed by atoms with E-state index in [-0.39, 0.29) is 6.10 Å². The van der Waals surface area contributed by atoms with Crippen molar-refractivity contribution in [1.82, 2.24) is 0 Å². The summed E-state index contributed by atoms with van der Waals surface area (Å²) in [5, 5.41) is 9.86. The second kappa shape index (κ2) is 7.99. The highest BCUT2D eigenvalue weighted by molar-refractivity contribution is 5.05. The van der Waals surface area contributed by atoms with Crippen LogP contribution >= 0.6 is 0 Å². The molecule has 1 heteroatoms. The highest BCUT2D eigenvalue weighted by Crippen LogP contribution is 2.55. The molecule has 0 spiro atoms. The summed E-state index contributed by atoms with van der Waals surface area (Å²) in [6.07, 6.45) is 12.2. The minimum Gasteiger partial charge on any atom is -0.393 e.